The monoisotopic (exact) mass is 430 g/mol. The summed E-state index contributed by atoms with van der Waals surface area (Å²) in [5.41, 5.74) is 2.51. The van der Waals surface area contributed by atoms with Gasteiger partial charge in [-0.05, 0) is 43.6 Å². The van der Waals surface area contributed by atoms with E-state index < -0.39 is 6.10 Å². The molecule has 176 valence electrons. The molecule has 1 amide bonds. The largest absolute Gasteiger partial charge is 0.391 e. The van der Waals surface area contributed by atoms with E-state index in [0.29, 0.717) is 12.3 Å². The first-order valence-electron chi connectivity index (χ1n) is 12.6. The maximum absolute atomic E-state index is 12.8. The van der Waals surface area contributed by atoms with Gasteiger partial charge in [-0.1, -0.05) is 89.1 Å². The van der Waals surface area contributed by atoms with E-state index in [1.807, 2.05) is 0 Å². The Morgan fingerprint density at radius 1 is 1.19 bits per heavy atom. The molecule has 3 N–H and O–H groups in total. The van der Waals surface area contributed by atoms with Crippen LogP contribution in [-0.4, -0.2) is 29.7 Å². The van der Waals surface area contributed by atoms with Crippen LogP contribution in [0.25, 0.3) is 0 Å². The number of aliphatic hydroxyl groups excluding tert-OH is 1. The minimum absolute atomic E-state index is 0.0216. The number of hydrogen-bond donors (Lipinski definition) is 3. The lowest BCUT2D eigenvalue weighted by Crippen LogP contribution is -2.45. The average molecular weight is 431 g/mol. The fourth-order valence-electron chi connectivity index (χ4n) is 4.86. The lowest BCUT2D eigenvalue weighted by molar-refractivity contribution is -0.127. The fourth-order valence-corrected chi connectivity index (χ4v) is 4.86. The molecule has 31 heavy (non-hydrogen) atoms. The van der Waals surface area contributed by atoms with Gasteiger partial charge in [-0.3, -0.25) is 4.79 Å². The molecule has 1 saturated carbocycles. The van der Waals surface area contributed by atoms with Gasteiger partial charge in [0.1, 0.15) is 0 Å². The average Bonchev–Trinajstić information content (AvgIpc) is 2.75. The number of rotatable bonds is 13. The lowest BCUT2D eigenvalue weighted by Gasteiger charge is -2.32. The van der Waals surface area contributed by atoms with E-state index >= 15 is 0 Å². The number of unbranched alkanes of at least 4 members (excludes halogenated alkanes) is 1. The van der Waals surface area contributed by atoms with Crippen LogP contribution >= 0.6 is 0 Å². The van der Waals surface area contributed by atoms with Crippen LogP contribution in [0.15, 0.2) is 24.3 Å². The van der Waals surface area contributed by atoms with Crippen LogP contribution in [0.1, 0.15) is 89.7 Å². The van der Waals surface area contributed by atoms with Crippen molar-refractivity contribution < 1.29 is 9.90 Å². The maximum atomic E-state index is 12.8. The third kappa shape index (κ3) is 9.33. The van der Waals surface area contributed by atoms with Crippen LogP contribution in [0.3, 0.4) is 0 Å². The predicted molar refractivity (Wildman–Crippen MR) is 130 cm³/mol. The Morgan fingerprint density at radius 2 is 1.94 bits per heavy atom. The fraction of sp³-hybridized carbons (Fsp3) is 0.741. The van der Waals surface area contributed by atoms with Gasteiger partial charge >= 0.3 is 0 Å². The summed E-state index contributed by atoms with van der Waals surface area (Å²) < 4.78 is 0. The van der Waals surface area contributed by atoms with E-state index in [1.54, 1.807) is 0 Å². The Labute approximate surface area is 190 Å². The predicted octanol–water partition coefficient (Wildman–Crippen LogP) is 5.36. The highest BCUT2D eigenvalue weighted by molar-refractivity contribution is 5.78. The van der Waals surface area contributed by atoms with Crippen LogP contribution in [0.5, 0.6) is 0 Å². The molecule has 3 unspecified atom stereocenters. The Balaban J connectivity index is 2.03. The Kier molecular flexibility index (Phi) is 11.6. The first-order valence-corrected chi connectivity index (χ1v) is 12.6. The van der Waals surface area contributed by atoms with Crippen molar-refractivity contribution in [2.75, 3.05) is 6.54 Å². The minimum atomic E-state index is -0.518. The molecule has 0 spiro atoms. The zero-order valence-corrected chi connectivity index (χ0v) is 20.3. The molecule has 1 aliphatic rings. The summed E-state index contributed by atoms with van der Waals surface area (Å²) in [6.45, 7) is 9.91. The number of aliphatic hydroxyl groups is 1. The second-order valence-corrected chi connectivity index (χ2v) is 10.0. The molecule has 1 aromatic rings. The minimum Gasteiger partial charge on any atom is -0.391 e. The third-order valence-electron chi connectivity index (χ3n) is 6.89. The van der Waals surface area contributed by atoms with Gasteiger partial charge < -0.3 is 15.7 Å². The standard InChI is InChI=1S/C27H46N2O2/c1-5-6-15-28-27(31)24(20(2)3)18-26(30)25(17-22-12-8-7-9-13-22)29-19-23-14-10-11-21(4)16-23/h10-11,14,16,20,22,24-26,29-30H,5-9,12-13,15,17-19H2,1-4H3,(H,28,31). The van der Waals surface area contributed by atoms with Crippen molar-refractivity contribution in [2.24, 2.45) is 17.8 Å². The topological polar surface area (TPSA) is 61.4 Å². The molecule has 4 heteroatoms. The van der Waals surface area contributed by atoms with Crippen LogP contribution in [0, 0.1) is 24.7 Å². The van der Waals surface area contributed by atoms with Gasteiger partial charge in [0.25, 0.3) is 0 Å². The summed E-state index contributed by atoms with van der Waals surface area (Å²) in [6.07, 6.45) is 9.55. The molecule has 4 nitrogen and oxygen atoms in total. The number of aryl methyl sites for hydroxylation is 1. The van der Waals surface area contributed by atoms with Gasteiger partial charge in [0.05, 0.1) is 6.10 Å². The van der Waals surface area contributed by atoms with E-state index in [4.69, 9.17) is 0 Å². The van der Waals surface area contributed by atoms with Crippen LogP contribution < -0.4 is 10.6 Å². The van der Waals surface area contributed by atoms with Crippen molar-refractivity contribution in [1.29, 1.82) is 0 Å². The van der Waals surface area contributed by atoms with Gasteiger partial charge in [-0.15, -0.1) is 0 Å². The van der Waals surface area contributed by atoms with E-state index in [-0.39, 0.29) is 23.8 Å². The number of carbonyl (C=O) groups is 1. The highest BCUT2D eigenvalue weighted by atomic mass is 16.3. The summed E-state index contributed by atoms with van der Waals surface area (Å²) in [5, 5.41) is 18.0. The van der Waals surface area contributed by atoms with Gasteiger partial charge in [0.2, 0.25) is 5.91 Å². The molecule has 0 heterocycles. The summed E-state index contributed by atoms with van der Waals surface area (Å²) >= 11 is 0. The highest BCUT2D eigenvalue weighted by Gasteiger charge is 2.30. The van der Waals surface area contributed by atoms with Gasteiger partial charge in [-0.25, -0.2) is 0 Å². The number of amides is 1. The SMILES string of the molecule is CCCCNC(=O)C(CC(O)C(CC1CCCCC1)NCc1cccc(C)c1)C(C)C. The van der Waals surface area contributed by atoms with Gasteiger partial charge in [0, 0.05) is 25.0 Å². The van der Waals surface area contributed by atoms with E-state index in [9.17, 15) is 9.90 Å². The number of carbonyl (C=O) groups excluding carboxylic acids is 1. The Morgan fingerprint density at radius 3 is 2.58 bits per heavy atom. The van der Waals surface area contributed by atoms with Crippen molar-refractivity contribution in [3.8, 4) is 0 Å². The van der Waals surface area contributed by atoms with Crippen LogP contribution in [-0.2, 0) is 11.3 Å². The molecule has 1 fully saturated rings. The van der Waals surface area contributed by atoms with E-state index in [2.05, 4.69) is 62.6 Å². The second kappa shape index (κ2) is 13.9. The molecule has 1 aliphatic carbocycles. The number of benzene rings is 1. The molecule has 2 rings (SSSR count). The zero-order chi connectivity index (χ0) is 22.6. The summed E-state index contributed by atoms with van der Waals surface area (Å²) in [5.74, 6) is 0.830. The van der Waals surface area contributed by atoms with Crippen LogP contribution in [0.4, 0.5) is 0 Å². The van der Waals surface area contributed by atoms with Gasteiger partial charge in [0.15, 0.2) is 0 Å². The van der Waals surface area contributed by atoms with E-state index in [1.165, 1.54) is 43.2 Å². The van der Waals surface area contributed by atoms with E-state index in [0.717, 1.165) is 32.4 Å². The Hall–Kier alpha value is -1.39. The first kappa shape index (κ1) is 25.9. The summed E-state index contributed by atoms with van der Waals surface area (Å²) in [6, 6.07) is 8.57. The molecule has 0 aliphatic heterocycles. The van der Waals surface area contributed by atoms with Crippen molar-refractivity contribution >= 4 is 5.91 Å². The van der Waals surface area contributed by atoms with Gasteiger partial charge in [-0.2, -0.15) is 0 Å². The Bertz CT molecular complexity index is 640. The summed E-state index contributed by atoms with van der Waals surface area (Å²) in [4.78, 5) is 12.8. The molecule has 0 radical (unpaired) electrons. The first-order chi connectivity index (χ1) is 14.9. The quantitative estimate of drug-likeness (QED) is 0.369. The zero-order valence-electron chi connectivity index (χ0n) is 20.3. The molecule has 0 bridgehead atoms. The molecular weight excluding hydrogens is 384 g/mol. The molecule has 0 saturated heterocycles. The van der Waals surface area contributed by atoms with Crippen molar-refractivity contribution in [3.63, 3.8) is 0 Å². The third-order valence-corrected chi connectivity index (χ3v) is 6.89. The number of hydrogen-bond acceptors (Lipinski definition) is 3. The molecule has 3 atom stereocenters. The second-order valence-electron chi connectivity index (χ2n) is 10.0. The van der Waals surface area contributed by atoms with Crippen molar-refractivity contribution in [3.05, 3.63) is 35.4 Å². The lowest BCUT2D eigenvalue weighted by atomic mass is 9.81. The summed E-state index contributed by atoms with van der Waals surface area (Å²) in [7, 11) is 0. The molecule has 0 aromatic heterocycles. The number of nitrogens with one attached hydrogen (secondary N) is 2. The maximum Gasteiger partial charge on any atom is 0.223 e. The van der Waals surface area contributed by atoms with Crippen LogP contribution in [0.2, 0.25) is 0 Å². The highest BCUT2D eigenvalue weighted by Crippen LogP contribution is 2.29. The van der Waals surface area contributed by atoms with Crippen molar-refractivity contribution in [2.45, 2.75) is 104 Å². The van der Waals surface area contributed by atoms with Crippen molar-refractivity contribution in [1.82, 2.24) is 10.6 Å². The smallest absolute Gasteiger partial charge is 0.223 e. The molecule has 1 aromatic carbocycles. The molecular formula is C27H46N2O2. The normalized spacial score (nSPS) is 18.0.